The van der Waals surface area contributed by atoms with Gasteiger partial charge in [0, 0.05) is 24.8 Å². The Balaban J connectivity index is 3.21. The van der Waals surface area contributed by atoms with Crippen molar-refractivity contribution in [2.45, 2.75) is 26.9 Å². The molecule has 0 unspecified atom stereocenters. The van der Waals surface area contributed by atoms with E-state index in [2.05, 4.69) is 5.32 Å². The Bertz CT molecular complexity index is 461. The van der Waals surface area contributed by atoms with Crippen LogP contribution >= 0.6 is 0 Å². The van der Waals surface area contributed by atoms with Crippen LogP contribution < -0.4 is 10.2 Å². The molecule has 1 rings (SSSR count). The predicted molar refractivity (Wildman–Crippen MR) is 73.7 cm³/mol. The van der Waals surface area contributed by atoms with Crippen molar-refractivity contribution in [1.29, 1.82) is 0 Å². The lowest BCUT2D eigenvalue weighted by Gasteiger charge is -2.26. The number of aryl methyl sites for hydroxylation is 1. The molecule has 0 spiro atoms. The standard InChI is InChI=1S/C14H21FN2O2/c1-5-17(8-14(19)16-4)13-6-9(2)12(15)7-11(13)10(3)18/h6-7,10,18H,5,8H2,1-4H3,(H,16,19)/t10-/m0/s1. The number of aliphatic hydroxyl groups excluding tert-OH is 1. The summed E-state index contributed by atoms with van der Waals surface area (Å²) in [4.78, 5) is 13.3. The maximum absolute atomic E-state index is 13.6. The van der Waals surface area contributed by atoms with Gasteiger partial charge >= 0.3 is 0 Å². The zero-order valence-corrected chi connectivity index (χ0v) is 11.8. The summed E-state index contributed by atoms with van der Waals surface area (Å²) in [6.45, 7) is 5.93. The number of nitrogens with zero attached hydrogens (tertiary/aromatic N) is 1. The molecule has 1 amide bonds. The number of hydrogen-bond donors (Lipinski definition) is 2. The zero-order valence-electron chi connectivity index (χ0n) is 11.8. The number of hydrogen-bond acceptors (Lipinski definition) is 3. The number of anilines is 1. The Labute approximate surface area is 113 Å². The van der Waals surface area contributed by atoms with E-state index in [1.54, 1.807) is 27.0 Å². The van der Waals surface area contributed by atoms with Gasteiger partial charge < -0.3 is 15.3 Å². The minimum Gasteiger partial charge on any atom is -0.389 e. The molecule has 0 saturated heterocycles. The van der Waals surface area contributed by atoms with Crippen molar-refractivity contribution in [3.8, 4) is 0 Å². The first-order valence-corrected chi connectivity index (χ1v) is 6.34. The van der Waals surface area contributed by atoms with E-state index in [0.717, 1.165) is 0 Å². The maximum atomic E-state index is 13.6. The second-order valence-corrected chi connectivity index (χ2v) is 4.52. The first-order valence-electron chi connectivity index (χ1n) is 6.34. The summed E-state index contributed by atoms with van der Waals surface area (Å²) in [6, 6.07) is 3.01. The summed E-state index contributed by atoms with van der Waals surface area (Å²) < 4.78 is 13.6. The average Bonchev–Trinajstić information content (AvgIpc) is 2.38. The van der Waals surface area contributed by atoms with Crippen LogP contribution in [0.1, 0.15) is 31.1 Å². The number of benzene rings is 1. The molecule has 0 bridgehead atoms. The molecule has 19 heavy (non-hydrogen) atoms. The van der Waals surface area contributed by atoms with Crippen molar-refractivity contribution >= 4 is 11.6 Å². The van der Waals surface area contributed by atoms with Gasteiger partial charge in [0.1, 0.15) is 5.82 Å². The third kappa shape index (κ3) is 3.67. The van der Waals surface area contributed by atoms with Gasteiger partial charge in [-0.1, -0.05) is 0 Å². The number of carbonyl (C=O) groups excluding carboxylic acids is 1. The first-order chi connectivity index (χ1) is 8.90. The van der Waals surface area contributed by atoms with Gasteiger partial charge in [-0.05, 0) is 38.5 Å². The molecule has 0 aliphatic carbocycles. The van der Waals surface area contributed by atoms with Crippen LogP contribution in [0.15, 0.2) is 12.1 Å². The highest BCUT2D eigenvalue weighted by molar-refractivity contribution is 5.81. The second kappa shape index (κ2) is 6.52. The lowest BCUT2D eigenvalue weighted by atomic mass is 10.0. The number of halogens is 1. The Morgan fingerprint density at radius 2 is 2.16 bits per heavy atom. The molecule has 1 aromatic carbocycles. The molecule has 4 nitrogen and oxygen atoms in total. The molecule has 0 aliphatic heterocycles. The van der Waals surface area contributed by atoms with Crippen molar-refractivity contribution in [3.63, 3.8) is 0 Å². The molecule has 0 aromatic heterocycles. The summed E-state index contributed by atoms with van der Waals surface area (Å²) in [5.41, 5.74) is 1.68. The number of nitrogens with one attached hydrogen (secondary N) is 1. The van der Waals surface area contributed by atoms with E-state index in [9.17, 15) is 14.3 Å². The van der Waals surface area contributed by atoms with Crippen molar-refractivity contribution in [2.24, 2.45) is 0 Å². The molecule has 1 aromatic rings. The quantitative estimate of drug-likeness (QED) is 0.855. The fourth-order valence-electron chi connectivity index (χ4n) is 1.91. The monoisotopic (exact) mass is 268 g/mol. The van der Waals surface area contributed by atoms with E-state index in [4.69, 9.17) is 0 Å². The van der Waals surface area contributed by atoms with Gasteiger partial charge in [0.25, 0.3) is 0 Å². The molecule has 0 aliphatic rings. The van der Waals surface area contributed by atoms with Gasteiger partial charge in [-0.15, -0.1) is 0 Å². The summed E-state index contributed by atoms with van der Waals surface area (Å²) in [5, 5.41) is 12.3. The van der Waals surface area contributed by atoms with Crippen molar-refractivity contribution in [2.75, 3.05) is 25.0 Å². The molecule has 0 radical (unpaired) electrons. The summed E-state index contributed by atoms with van der Waals surface area (Å²) in [7, 11) is 1.57. The van der Waals surface area contributed by atoms with E-state index in [0.29, 0.717) is 23.4 Å². The summed E-state index contributed by atoms with van der Waals surface area (Å²) in [6.07, 6.45) is -0.788. The fourth-order valence-corrected chi connectivity index (χ4v) is 1.91. The Morgan fingerprint density at radius 3 is 2.63 bits per heavy atom. The average molecular weight is 268 g/mol. The van der Waals surface area contributed by atoms with Crippen LogP contribution in [-0.4, -0.2) is 31.2 Å². The van der Waals surface area contributed by atoms with Crippen LogP contribution in [0.25, 0.3) is 0 Å². The van der Waals surface area contributed by atoms with Crippen LogP contribution in [0.3, 0.4) is 0 Å². The Morgan fingerprint density at radius 1 is 1.53 bits per heavy atom. The second-order valence-electron chi connectivity index (χ2n) is 4.52. The number of likely N-dealkylation sites (N-methyl/N-ethyl adjacent to an activating group) is 2. The minimum atomic E-state index is -0.788. The van der Waals surface area contributed by atoms with Gasteiger partial charge in [-0.2, -0.15) is 0 Å². The van der Waals surface area contributed by atoms with Crippen LogP contribution in [0.4, 0.5) is 10.1 Å². The molecular formula is C14H21FN2O2. The highest BCUT2D eigenvalue weighted by atomic mass is 19.1. The highest BCUT2D eigenvalue weighted by Gasteiger charge is 2.17. The van der Waals surface area contributed by atoms with Crippen molar-refractivity contribution < 1.29 is 14.3 Å². The predicted octanol–water partition coefficient (Wildman–Crippen LogP) is 1.76. The van der Waals surface area contributed by atoms with Gasteiger partial charge in [0.05, 0.1) is 12.6 Å². The normalized spacial score (nSPS) is 12.1. The summed E-state index contributed by atoms with van der Waals surface area (Å²) in [5.74, 6) is -0.476. The smallest absolute Gasteiger partial charge is 0.239 e. The first kappa shape index (κ1) is 15.4. The molecule has 5 heteroatoms. The number of rotatable bonds is 5. The topological polar surface area (TPSA) is 52.6 Å². The number of amides is 1. The van der Waals surface area contributed by atoms with Crippen molar-refractivity contribution in [1.82, 2.24) is 5.32 Å². The molecule has 1 atom stereocenters. The van der Waals surface area contributed by atoms with Crippen LogP contribution in [0.2, 0.25) is 0 Å². The molecule has 2 N–H and O–H groups in total. The van der Waals surface area contributed by atoms with Gasteiger partial charge in [-0.3, -0.25) is 4.79 Å². The van der Waals surface area contributed by atoms with Crippen LogP contribution in [0.5, 0.6) is 0 Å². The third-order valence-electron chi connectivity index (χ3n) is 3.09. The van der Waals surface area contributed by atoms with E-state index < -0.39 is 6.10 Å². The molecule has 0 saturated carbocycles. The minimum absolute atomic E-state index is 0.125. The van der Waals surface area contributed by atoms with Crippen LogP contribution in [-0.2, 0) is 4.79 Å². The lowest BCUT2D eigenvalue weighted by Crippen LogP contribution is -2.36. The number of aliphatic hydroxyl groups is 1. The van der Waals surface area contributed by atoms with E-state index in [-0.39, 0.29) is 18.3 Å². The maximum Gasteiger partial charge on any atom is 0.239 e. The van der Waals surface area contributed by atoms with Gasteiger partial charge in [0.2, 0.25) is 5.91 Å². The van der Waals surface area contributed by atoms with E-state index in [1.807, 2.05) is 11.8 Å². The molecular weight excluding hydrogens is 247 g/mol. The van der Waals surface area contributed by atoms with Gasteiger partial charge in [0.15, 0.2) is 0 Å². The van der Waals surface area contributed by atoms with Gasteiger partial charge in [-0.25, -0.2) is 4.39 Å². The highest BCUT2D eigenvalue weighted by Crippen LogP contribution is 2.29. The lowest BCUT2D eigenvalue weighted by molar-refractivity contribution is -0.119. The summed E-state index contributed by atoms with van der Waals surface area (Å²) >= 11 is 0. The molecule has 0 heterocycles. The third-order valence-corrected chi connectivity index (χ3v) is 3.09. The van der Waals surface area contributed by atoms with Crippen molar-refractivity contribution in [3.05, 3.63) is 29.1 Å². The van der Waals surface area contributed by atoms with E-state index in [1.165, 1.54) is 6.07 Å². The Kier molecular flexibility index (Phi) is 5.30. The molecule has 0 fully saturated rings. The van der Waals surface area contributed by atoms with Crippen LogP contribution in [0, 0.1) is 12.7 Å². The zero-order chi connectivity index (χ0) is 14.6. The largest absolute Gasteiger partial charge is 0.389 e. The Hall–Kier alpha value is -1.62. The molecule has 106 valence electrons. The fraction of sp³-hybridized carbons (Fsp3) is 0.500. The number of carbonyl (C=O) groups is 1. The SMILES string of the molecule is CCN(CC(=O)NC)c1cc(C)c(F)cc1[C@H](C)O. The van der Waals surface area contributed by atoms with E-state index >= 15 is 0 Å².